The Morgan fingerprint density at radius 1 is 1.25 bits per heavy atom. The number of nitrogens with zero attached hydrogens (tertiary/aromatic N) is 1. The van der Waals surface area contributed by atoms with Crippen molar-refractivity contribution >= 4 is 10.9 Å². The van der Waals surface area contributed by atoms with E-state index in [1.54, 1.807) is 7.11 Å². The minimum Gasteiger partial charge on any atom is -0.385 e. The highest BCUT2D eigenvalue weighted by atomic mass is 16.5. The largest absolute Gasteiger partial charge is 0.385 e. The average molecular weight is 274 g/mol. The van der Waals surface area contributed by atoms with Crippen molar-refractivity contribution in [3.63, 3.8) is 0 Å². The summed E-state index contributed by atoms with van der Waals surface area (Å²) in [7, 11) is 1.75. The number of rotatable bonds is 8. The van der Waals surface area contributed by atoms with Crippen LogP contribution in [0, 0.1) is 5.92 Å². The molecule has 1 heterocycles. The van der Waals surface area contributed by atoms with Crippen LogP contribution in [0.15, 0.2) is 30.5 Å². The third-order valence-corrected chi connectivity index (χ3v) is 3.46. The first-order valence-corrected chi connectivity index (χ1v) is 7.48. The number of benzene rings is 1. The highest BCUT2D eigenvalue weighted by Crippen LogP contribution is 2.18. The maximum atomic E-state index is 5.11. The van der Waals surface area contributed by atoms with E-state index in [4.69, 9.17) is 4.74 Å². The molecule has 0 unspecified atom stereocenters. The average Bonchev–Trinajstić information content (AvgIpc) is 2.81. The van der Waals surface area contributed by atoms with Crippen molar-refractivity contribution in [2.24, 2.45) is 5.92 Å². The lowest BCUT2D eigenvalue weighted by Gasteiger charge is -2.08. The van der Waals surface area contributed by atoms with Gasteiger partial charge in [-0.25, -0.2) is 0 Å². The zero-order valence-electron chi connectivity index (χ0n) is 12.9. The first-order valence-electron chi connectivity index (χ1n) is 7.48. The lowest BCUT2D eigenvalue weighted by atomic mass is 10.1. The number of fused-ring (bicyclic) bond motifs is 1. The summed E-state index contributed by atoms with van der Waals surface area (Å²) in [5, 5.41) is 4.82. The third-order valence-electron chi connectivity index (χ3n) is 3.46. The molecule has 1 aromatic heterocycles. The van der Waals surface area contributed by atoms with Gasteiger partial charge < -0.3 is 14.6 Å². The fraction of sp³-hybridized carbons (Fsp3) is 0.529. The molecule has 0 spiro atoms. The summed E-state index contributed by atoms with van der Waals surface area (Å²) in [6, 6.07) is 8.95. The number of hydrogen-bond donors (Lipinski definition) is 1. The van der Waals surface area contributed by atoms with Gasteiger partial charge >= 0.3 is 0 Å². The fourth-order valence-corrected chi connectivity index (χ4v) is 2.44. The molecular formula is C17H26N2O. The third kappa shape index (κ3) is 4.09. The molecule has 0 saturated heterocycles. The van der Waals surface area contributed by atoms with E-state index in [9.17, 15) is 0 Å². The van der Waals surface area contributed by atoms with Gasteiger partial charge in [0.05, 0.1) is 0 Å². The van der Waals surface area contributed by atoms with Crippen LogP contribution in [0.25, 0.3) is 10.9 Å². The molecule has 3 heteroatoms. The molecule has 1 N–H and O–H groups in total. The fourth-order valence-electron chi connectivity index (χ4n) is 2.44. The molecule has 0 aliphatic heterocycles. The standard InChI is InChI=1S/C17H26N2O/c1-14(2)12-18-13-15-5-6-17-16(11-15)7-9-19(17)8-4-10-20-3/h5-7,9,11,14,18H,4,8,10,12-13H2,1-3H3. The maximum absolute atomic E-state index is 5.11. The van der Waals surface area contributed by atoms with Crippen molar-refractivity contribution < 1.29 is 4.74 Å². The highest BCUT2D eigenvalue weighted by Gasteiger charge is 2.02. The predicted octanol–water partition coefficient (Wildman–Crippen LogP) is 3.42. The van der Waals surface area contributed by atoms with Crippen LogP contribution < -0.4 is 5.32 Å². The van der Waals surface area contributed by atoms with Crippen LogP contribution in [-0.4, -0.2) is 24.8 Å². The lowest BCUT2D eigenvalue weighted by Crippen LogP contribution is -2.18. The molecule has 0 radical (unpaired) electrons. The van der Waals surface area contributed by atoms with Crippen molar-refractivity contribution in [2.75, 3.05) is 20.3 Å². The van der Waals surface area contributed by atoms with Crippen LogP contribution in [0.4, 0.5) is 0 Å². The Labute approximate surface area is 121 Å². The Morgan fingerprint density at radius 3 is 2.85 bits per heavy atom. The molecule has 0 saturated carbocycles. The van der Waals surface area contributed by atoms with Crippen molar-refractivity contribution in [3.8, 4) is 0 Å². The van der Waals surface area contributed by atoms with E-state index in [2.05, 4.69) is 54.2 Å². The molecule has 0 atom stereocenters. The van der Waals surface area contributed by atoms with Crippen LogP contribution in [0.1, 0.15) is 25.8 Å². The number of nitrogens with one attached hydrogen (secondary N) is 1. The van der Waals surface area contributed by atoms with Gasteiger partial charge in [0.2, 0.25) is 0 Å². The van der Waals surface area contributed by atoms with Crippen LogP contribution in [-0.2, 0) is 17.8 Å². The Kier molecular flexibility index (Phi) is 5.62. The molecule has 2 aromatic rings. The van der Waals surface area contributed by atoms with Crippen LogP contribution in [0.5, 0.6) is 0 Å². The van der Waals surface area contributed by atoms with Crippen molar-refractivity contribution in [1.29, 1.82) is 0 Å². The van der Waals surface area contributed by atoms with Gasteiger partial charge in [-0.1, -0.05) is 19.9 Å². The van der Waals surface area contributed by atoms with Crippen LogP contribution >= 0.6 is 0 Å². The zero-order chi connectivity index (χ0) is 14.4. The first kappa shape index (κ1) is 15.1. The molecule has 110 valence electrons. The van der Waals surface area contributed by atoms with Gasteiger partial charge in [0.15, 0.2) is 0 Å². The predicted molar refractivity (Wildman–Crippen MR) is 85.0 cm³/mol. The number of ether oxygens (including phenoxy) is 1. The summed E-state index contributed by atoms with van der Waals surface area (Å²) < 4.78 is 7.42. The van der Waals surface area contributed by atoms with Gasteiger partial charge in [-0.3, -0.25) is 0 Å². The molecule has 20 heavy (non-hydrogen) atoms. The molecular weight excluding hydrogens is 248 g/mol. The summed E-state index contributed by atoms with van der Waals surface area (Å²) in [5.74, 6) is 0.695. The van der Waals surface area contributed by atoms with Gasteiger partial charge in [0.1, 0.15) is 0 Å². The molecule has 3 nitrogen and oxygen atoms in total. The Hall–Kier alpha value is -1.32. The molecule has 0 bridgehead atoms. The second-order valence-electron chi connectivity index (χ2n) is 5.77. The summed E-state index contributed by atoms with van der Waals surface area (Å²) in [4.78, 5) is 0. The quantitative estimate of drug-likeness (QED) is 0.746. The molecule has 0 amide bonds. The highest BCUT2D eigenvalue weighted by molar-refractivity contribution is 5.80. The second kappa shape index (κ2) is 7.46. The summed E-state index contributed by atoms with van der Waals surface area (Å²) in [5.41, 5.74) is 2.67. The Bertz CT molecular complexity index is 531. The van der Waals surface area contributed by atoms with E-state index in [1.165, 1.54) is 16.5 Å². The molecule has 2 rings (SSSR count). The summed E-state index contributed by atoms with van der Waals surface area (Å²) >= 11 is 0. The molecule has 0 aliphatic carbocycles. The van der Waals surface area contributed by atoms with Gasteiger partial charge in [0, 0.05) is 38.5 Å². The molecule has 0 aliphatic rings. The Morgan fingerprint density at radius 2 is 2.10 bits per heavy atom. The van der Waals surface area contributed by atoms with Crippen molar-refractivity contribution in [2.45, 2.75) is 33.4 Å². The molecule has 1 aromatic carbocycles. The monoisotopic (exact) mass is 274 g/mol. The van der Waals surface area contributed by atoms with E-state index in [0.717, 1.165) is 32.7 Å². The van der Waals surface area contributed by atoms with Gasteiger partial charge in [-0.15, -0.1) is 0 Å². The minimum absolute atomic E-state index is 0.695. The minimum atomic E-state index is 0.695. The Balaban J connectivity index is 2.00. The van der Waals surface area contributed by atoms with Gasteiger partial charge in [-0.05, 0) is 48.0 Å². The molecule has 0 fully saturated rings. The van der Waals surface area contributed by atoms with Gasteiger partial charge in [-0.2, -0.15) is 0 Å². The van der Waals surface area contributed by atoms with Crippen LogP contribution in [0.2, 0.25) is 0 Å². The summed E-state index contributed by atoms with van der Waals surface area (Å²) in [6.07, 6.45) is 3.23. The van der Waals surface area contributed by atoms with Crippen molar-refractivity contribution in [3.05, 3.63) is 36.0 Å². The van der Waals surface area contributed by atoms with E-state index in [-0.39, 0.29) is 0 Å². The van der Waals surface area contributed by atoms with Crippen LogP contribution in [0.3, 0.4) is 0 Å². The van der Waals surface area contributed by atoms with Crippen molar-refractivity contribution in [1.82, 2.24) is 9.88 Å². The maximum Gasteiger partial charge on any atom is 0.0480 e. The topological polar surface area (TPSA) is 26.2 Å². The lowest BCUT2D eigenvalue weighted by molar-refractivity contribution is 0.190. The normalized spacial score (nSPS) is 11.6. The number of aryl methyl sites for hydroxylation is 1. The van der Waals surface area contributed by atoms with E-state index >= 15 is 0 Å². The van der Waals surface area contributed by atoms with E-state index < -0.39 is 0 Å². The van der Waals surface area contributed by atoms with E-state index in [0.29, 0.717) is 5.92 Å². The number of hydrogen-bond acceptors (Lipinski definition) is 2. The number of methoxy groups -OCH3 is 1. The second-order valence-corrected chi connectivity index (χ2v) is 5.77. The zero-order valence-corrected chi connectivity index (χ0v) is 12.9. The first-order chi connectivity index (χ1) is 9.70. The van der Waals surface area contributed by atoms with E-state index in [1.807, 2.05) is 0 Å². The SMILES string of the molecule is COCCCn1ccc2cc(CNCC(C)C)ccc21. The van der Waals surface area contributed by atoms with Gasteiger partial charge in [0.25, 0.3) is 0 Å². The smallest absolute Gasteiger partial charge is 0.0480 e. The summed E-state index contributed by atoms with van der Waals surface area (Å²) in [6.45, 7) is 8.31. The number of aromatic nitrogens is 1.